The lowest BCUT2D eigenvalue weighted by Crippen LogP contribution is -1.93. The molecule has 0 bridgehead atoms. The third-order valence-corrected chi connectivity index (χ3v) is 3.70. The average molecular weight is 310 g/mol. The molecule has 0 amide bonds. The molecule has 1 atom stereocenters. The minimum atomic E-state index is 0.0928. The SMILES string of the molecule is ClC(CCc1cccc(Br)c1)c1ccccc1. The third kappa shape index (κ3) is 3.86. The van der Waals surface area contributed by atoms with E-state index in [4.69, 9.17) is 11.6 Å². The summed E-state index contributed by atoms with van der Waals surface area (Å²) in [4.78, 5) is 0. The molecule has 2 aromatic rings. The molecule has 0 saturated heterocycles. The highest BCUT2D eigenvalue weighted by atomic mass is 79.9. The zero-order valence-corrected chi connectivity index (χ0v) is 11.8. The minimum absolute atomic E-state index is 0.0928. The van der Waals surface area contributed by atoms with Crippen molar-refractivity contribution in [2.24, 2.45) is 0 Å². The molecule has 0 N–H and O–H groups in total. The molecule has 1 unspecified atom stereocenters. The van der Waals surface area contributed by atoms with Crippen LogP contribution in [0.1, 0.15) is 22.9 Å². The number of hydrogen-bond acceptors (Lipinski definition) is 0. The summed E-state index contributed by atoms with van der Waals surface area (Å²) in [6.45, 7) is 0. The van der Waals surface area contributed by atoms with Crippen molar-refractivity contribution in [3.05, 3.63) is 70.2 Å². The molecule has 2 heteroatoms. The molecule has 2 aromatic carbocycles. The number of aryl methyl sites for hydroxylation is 1. The van der Waals surface area contributed by atoms with Gasteiger partial charge in [-0.05, 0) is 36.1 Å². The van der Waals surface area contributed by atoms with E-state index in [0.29, 0.717) is 0 Å². The predicted octanol–water partition coefficient (Wildman–Crippen LogP) is 5.36. The molecule has 0 aromatic heterocycles. The van der Waals surface area contributed by atoms with Crippen molar-refractivity contribution in [1.82, 2.24) is 0 Å². The van der Waals surface area contributed by atoms with Crippen molar-refractivity contribution in [1.29, 1.82) is 0 Å². The Morgan fingerprint density at radius 2 is 1.76 bits per heavy atom. The Kier molecular flexibility index (Phi) is 4.64. The molecule has 0 spiro atoms. The summed E-state index contributed by atoms with van der Waals surface area (Å²) in [6.07, 6.45) is 1.96. The van der Waals surface area contributed by atoms with Crippen molar-refractivity contribution in [2.75, 3.05) is 0 Å². The van der Waals surface area contributed by atoms with E-state index in [9.17, 15) is 0 Å². The van der Waals surface area contributed by atoms with Crippen LogP contribution in [0.2, 0.25) is 0 Å². The summed E-state index contributed by atoms with van der Waals surface area (Å²) in [5.41, 5.74) is 2.52. The zero-order valence-electron chi connectivity index (χ0n) is 9.44. The Bertz CT molecular complexity index is 467. The van der Waals surface area contributed by atoms with Crippen LogP contribution in [0.5, 0.6) is 0 Å². The molecule has 2 rings (SSSR count). The van der Waals surface area contributed by atoms with E-state index in [1.807, 2.05) is 24.3 Å². The first-order valence-electron chi connectivity index (χ1n) is 5.69. The number of benzene rings is 2. The van der Waals surface area contributed by atoms with Crippen LogP contribution in [0.3, 0.4) is 0 Å². The molecule has 0 aliphatic rings. The van der Waals surface area contributed by atoms with Crippen molar-refractivity contribution in [3.8, 4) is 0 Å². The fraction of sp³-hybridized carbons (Fsp3) is 0.200. The van der Waals surface area contributed by atoms with Gasteiger partial charge in [-0.3, -0.25) is 0 Å². The highest BCUT2D eigenvalue weighted by Gasteiger charge is 2.07. The van der Waals surface area contributed by atoms with Crippen LogP contribution in [0.4, 0.5) is 0 Å². The van der Waals surface area contributed by atoms with Crippen LogP contribution in [0.25, 0.3) is 0 Å². The Morgan fingerprint density at radius 3 is 2.47 bits per heavy atom. The van der Waals surface area contributed by atoms with Gasteiger partial charge in [0, 0.05) is 4.47 Å². The Balaban J connectivity index is 1.95. The largest absolute Gasteiger partial charge is 0.118 e. The fourth-order valence-corrected chi connectivity index (χ4v) is 2.52. The number of rotatable bonds is 4. The van der Waals surface area contributed by atoms with Crippen LogP contribution < -0.4 is 0 Å². The maximum atomic E-state index is 6.38. The average Bonchev–Trinajstić information content (AvgIpc) is 2.37. The Labute approximate surface area is 116 Å². The van der Waals surface area contributed by atoms with Gasteiger partial charge in [0.2, 0.25) is 0 Å². The topological polar surface area (TPSA) is 0 Å². The second kappa shape index (κ2) is 6.23. The normalized spacial score (nSPS) is 12.4. The lowest BCUT2D eigenvalue weighted by atomic mass is 10.0. The summed E-state index contributed by atoms with van der Waals surface area (Å²) in [5, 5.41) is 0.0928. The highest BCUT2D eigenvalue weighted by Crippen LogP contribution is 2.26. The quantitative estimate of drug-likeness (QED) is 0.667. The van der Waals surface area contributed by atoms with Crippen molar-refractivity contribution >= 4 is 27.5 Å². The third-order valence-electron chi connectivity index (χ3n) is 2.74. The van der Waals surface area contributed by atoms with E-state index in [-0.39, 0.29) is 5.38 Å². The second-order valence-electron chi connectivity index (χ2n) is 4.05. The van der Waals surface area contributed by atoms with Crippen LogP contribution >= 0.6 is 27.5 Å². The van der Waals surface area contributed by atoms with Gasteiger partial charge in [0.25, 0.3) is 0 Å². The van der Waals surface area contributed by atoms with Crippen LogP contribution in [0, 0.1) is 0 Å². The molecule has 0 nitrogen and oxygen atoms in total. The number of alkyl halides is 1. The smallest absolute Gasteiger partial charge is 0.0588 e. The van der Waals surface area contributed by atoms with Gasteiger partial charge < -0.3 is 0 Å². The molecule has 17 heavy (non-hydrogen) atoms. The molecular weight excluding hydrogens is 296 g/mol. The maximum absolute atomic E-state index is 6.38. The maximum Gasteiger partial charge on any atom is 0.0588 e. The molecular formula is C15H14BrCl. The highest BCUT2D eigenvalue weighted by molar-refractivity contribution is 9.10. The Morgan fingerprint density at radius 1 is 1.00 bits per heavy atom. The van der Waals surface area contributed by atoms with Gasteiger partial charge in [-0.15, -0.1) is 11.6 Å². The lowest BCUT2D eigenvalue weighted by Gasteiger charge is -2.09. The zero-order chi connectivity index (χ0) is 12.1. The van der Waals surface area contributed by atoms with Gasteiger partial charge in [0.05, 0.1) is 5.38 Å². The number of hydrogen-bond donors (Lipinski definition) is 0. The fourth-order valence-electron chi connectivity index (χ4n) is 1.81. The van der Waals surface area contributed by atoms with Gasteiger partial charge >= 0.3 is 0 Å². The summed E-state index contributed by atoms with van der Waals surface area (Å²) in [6, 6.07) is 18.6. The summed E-state index contributed by atoms with van der Waals surface area (Å²) in [5.74, 6) is 0. The molecule has 0 aliphatic heterocycles. The standard InChI is InChI=1S/C15H14BrCl/c16-14-8-4-5-12(11-14)9-10-15(17)13-6-2-1-3-7-13/h1-8,11,15H,9-10H2. The van der Waals surface area contributed by atoms with Crippen molar-refractivity contribution < 1.29 is 0 Å². The molecule has 0 aliphatic carbocycles. The first-order chi connectivity index (χ1) is 8.25. The molecule has 0 saturated carbocycles. The summed E-state index contributed by atoms with van der Waals surface area (Å²) >= 11 is 9.87. The van der Waals surface area contributed by atoms with E-state index >= 15 is 0 Å². The van der Waals surface area contributed by atoms with Crippen LogP contribution in [-0.2, 0) is 6.42 Å². The second-order valence-corrected chi connectivity index (χ2v) is 5.49. The lowest BCUT2D eigenvalue weighted by molar-refractivity contribution is 0.793. The van der Waals surface area contributed by atoms with E-state index < -0.39 is 0 Å². The van der Waals surface area contributed by atoms with Gasteiger partial charge in [0.1, 0.15) is 0 Å². The van der Waals surface area contributed by atoms with E-state index in [0.717, 1.165) is 17.3 Å². The van der Waals surface area contributed by atoms with Gasteiger partial charge in [-0.25, -0.2) is 0 Å². The predicted molar refractivity (Wildman–Crippen MR) is 77.5 cm³/mol. The van der Waals surface area contributed by atoms with E-state index in [2.05, 4.69) is 46.3 Å². The minimum Gasteiger partial charge on any atom is -0.118 e. The van der Waals surface area contributed by atoms with Gasteiger partial charge in [-0.1, -0.05) is 58.4 Å². The summed E-state index contributed by atoms with van der Waals surface area (Å²) < 4.78 is 1.13. The monoisotopic (exact) mass is 308 g/mol. The molecule has 0 fully saturated rings. The molecule has 88 valence electrons. The number of halogens is 2. The van der Waals surface area contributed by atoms with Crippen molar-refractivity contribution in [3.63, 3.8) is 0 Å². The summed E-state index contributed by atoms with van der Waals surface area (Å²) in [7, 11) is 0. The van der Waals surface area contributed by atoms with Crippen LogP contribution in [0.15, 0.2) is 59.1 Å². The Hall–Kier alpha value is -0.790. The van der Waals surface area contributed by atoms with Crippen molar-refractivity contribution in [2.45, 2.75) is 18.2 Å². The van der Waals surface area contributed by atoms with E-state index in [1.54, 1.807) is 0 Å². The van der Waals surface area contributed by atoms with Crippen LogP contribution in [-0.4, -0.2) is 0 Å². The molecule has 0 radical (unpaired) electrons. The van der Waals surface area contributed by atoms with E-state index in [1.165, 1.54) is 11.1 Å². The van der Waals surface area contributed by atoms with Gasteiger partial charge in [0.15, 0.2) is 0 Å². The first kappa shape index (κ1) is 12.7. The first-order valence-corrected chi connectivity index (χ1v) is 6.92. The molecule has 0 heterocycles. The van der Waals surface area contributed by atoms with Gasteiger partial charge in [-0.2, -0.15) is 0 Å².